The van der Waals surface area contributed by atoms with E-state index in [9.17, 15) is 4.39 Å². The lowest BCUT2D eigenvalue weighted by atomic mass is 10.1. The third-order valence-corrected chi connectivity index (χ3v) is 3.31. The average molecular weight is 277 g/mol. The molecule has 0 unspecified atom stereocenters. The first-order valence-corrected chi connectivity index (χ1v) is 6.54. The largest absolute Gasteiger partial charge is 0.381 e. The molecule has 1 N–H and O–H groups in total. The zero-order chi connectivity index (χ0) is 14.7. The fourth-order valence-electron chi connectivity index (χ4n) is 2.23. The Morgan fingerprint density at radius 2 is 2.00 bits per heavy atom. The number of anilines is 1. The van der Waals surface area contributed by atoms with Crippen molar-refractivity contribution >= 4 is 16.6 Å². The van der Waals surface area contributed by atoms with Crippen molar-refractivity contribution in [3.05, 3.63) is 71.7 Å². The van der Waals surface area contributed by atoms with Gasteiger partial charge in [-0.05, 0) is 35.9 Å². The third-order valence-electron chi connectivity index (χ3n) is 3.31. The summed E-state index contributed by atoms with van der Waals surface area (Å²) in [5, 5.41) is 13.1. The summed E-state index contributed by atoms with van der Waals surface area (Å²) in [6, 6.07) is 16.1. The Kier molecular flexibility index (Phi) is 3.48. The monoisotopic (exact) mass is 277 g/mol. The lowest BCUT2D eigenvalue weighted by molar-refractivity contribution is 0.624. The fraction of sp³-hybridized carbons (Fsp3) is 0.0588. The Morgan fingerprint density at radius 3 is 2.86 bits per heavy atom. The molecule has 21 heavy (non-hydrogen) atoms. The molecule has 0 aliphatic heterocycles. The molecule has 1 heterocycles. The number of benzene rings is 2. The Labute approximate surface area is 121 Å². The minimum absolute atomic E-state index is 0.0413. The summed E-state index contributed by atoms with van der Waals surface area (Å²) in [5.41, 5.74) is 2.80. The van der Waals surface area contributed by atoms with Crippen molar-refractivity contribution in [2.75, 3.05) is 5.32 Å². The molecule has 0 amide bonds. The summed E-state index contributed by atoms with van der Waals surface area (Å²) in [7, 11) is 0. The molecule has 0 aliphatic carbocycles. The van der Waals surface area contributed by atoms with E-state index in [2.05, 4.69) is 10.3 Å². The molecule has 0 atom stereocenters. The maximum Gasteiger partial charge on any atom is 0.141 e. The summed E-state index contributed by atoms with van der Waals surface area (Å²) in [6.07, 6.45) is 1.77. The first-order valence-electron chi connectivity index (χ1n) is 6.54. The number of aromatic nitrogens is 1. The molecule has 0 bridgehead atoms. The minimum Gasteiger partial charge on any atom is -0.381 e. The van der Waals surface area contributed by atoms with Gasteiger partial charge in [-0.15, -0.1) is 0 Å². The van der Waals surface area contributed by atoms with Crippen LogP contribution in [0.2, 0.25) is 0 Å². The number of hydrogen-bond donors (Lipinski definition) is 1. The summed E-state index contributed by atoms with van der Waals surface area (Å²) in [4.78, 5) is 4.32. The van der Waals surface area contributed by atoms with E-state index in [-0.39, 0.29) is 5.56 Å². The first kappa shape index (κ1) is 13.1. The molecule has 0 aliphatic rings. The number of nitrogens with zero attached hydrogens (tertiary/aromatic N) is 2. The van der Waals surface area contributed by atoms with Crippen LogP contribution < -0.4 is 5.32 Å². The van der Waals surface area contributed by atoms with Gasteiger partial charge in [-0.25, -0.2) is 4.39 Å². The number of pyridine rings is 1. The van der Waals surface area contributed by atoms with Crippen LogP contribution in [-0.4, -0.2) is 4.98 Å². The predicted molar refractivity (Wildman–Crippen MR) is 80.2 cm³/mol. The van der Waals surface area contributed by atoms with E-state index in [0.717, 1.165) is 16.5 Å². The van der Waals surface area contributed by atoms with E-state index in [1.165, 1.54) is 12.1 Å². The van der Waals surface area contributed by atoms with Crippen LogP contribution in [0, 0.1) is 17.1 Å². The van der Waals surface area contributed by atoms with Gasteiger partial charge < -0.3 is 5.32 Å². The van der Waals surface area contributed by atoms with Crippen molar-refractivity contribution in [2.45, 2.75) is 6.54 Å². The molecular weight excluding hydrogens is 265 g/mol. The van der Waals surface area contributed by atoms with Crippen molar-refractivity contribution in [3.63, 3.8) is 0 Å². The van der Waals surface area contributed by atoms with Crippen LogP contribution in [0.5, 0.6) is 0 Å². The van der Waals surface area contributed by atoms with Gasteiger partial charge in [-0.1, -0.05) is 18.2 Å². The van der Waals surface area contributed by atoms with Crippen LogP contribution in [0.25, 0.3) is 10.9 Å². The predicted octanol–water partition coefficient (Wildman–Crippen LogP) is 3.86. The normalized spacial score (nSPS) is 10.3. The van der Waals surface area contributed by atoms with E-state index >= 15 is 0 Å². The van der Waals surface area contributed by atoms with Gasteiger partial charge in [0.15, 0.2) is 0 Å². The van der Waals surface area contributed by atoms with Crippen LogP contribution in [-0.2, 0) is 6.54 Å². The number of rotatable bonds is 3. The van der Waals surface area contributed by atoms with Gasteiger partial charge >= 0.3 is 0 Å². The van der Waals surface area contributed by atoms with Crippen molar-refractivity contribution < 1.29 is 4.39 Å². The van der Waals surface area contributed by atoms with E-state index in [1.54, 1.807) is 12.3 Å². The van der Waals surface area contributed by atoms with E-state index in [1.807, 2.05) is 36.4 Å². The van der Waals surface area contributed by atoms with Crippen LogP contribution >= 0.6 is 0 Å². The number of nitrogens with one attached hydrogen (secondary N) is 1. The smallest absolute Gasteiger partial charge is 0.141 e. The van der Waals surface area contributed by atoms with Crippen LogP contribution in [0.1, 0.15) is 11.1 Å². The quantitative estimate of drug-likeness (QED) is 0.791. The molecule has 0 saturated carbocycles. The van der Waals surface area contributed by atoms with Gasteiger partial charge in [0.1, 0.15) is 11.9 Å². The second-order valence-electron chi connectivity index (χ2n) is 4.65. The number of nitriles is 1. The first-order chi connectivity index (χ1) is 10.3. The zero-order valence-corrected chi connectivity index (χ0v) is 11.2. The highest BCUT2D eigenvalue weighted by Crippen LogP contribution is 2.19. The SMILES string of the molecule is N#Cc1cc(NCc2ccnc3ccccc23)ccc1F. The van der Waals surface area contributed by atoms with Crippen molar-refractivity contribution in [1.29, 1.82) is 5.26 Å². The average Bonchev–Trinajstić information content (AvgIpc) is 2.54. The van der Waals surface area contributed by atoms with E-state index in [0.29, 0.717) is 12.2 Å². The van der Waals surface area contributed by atoms with Crippen molar-refractivity contribution in [3.8, 4) is 6.07 Å². The highest BCUT2D eigenvalue weighted by Gasteiger charge is 2.04. The molecule has 0 radical (unpaired) electrons. The fourth-order valence-corrected chi connectivity index (χ4v) is 2.23. The topological polar surface area (TPSA) is 48.7 Å². The third kappa shape index (κ3) is 2.67. The minimum atomic E-state index is -0.502. The Bertz CT molecular complexity index is 832. The lowest BCUT2D eigenvalue weighted by Gasteiger charge is -2.09. The standard InChI is InChI=1S/C17H12FN3/c18-16-6-5-14(9-13(16)10-19)21-11-12-7-8-20-17-4-2-1-3-15(12)17/h1-9,21H,11H2. The van der Waals surface area contributed by atoms with Gasteiger partial charge in [-0.2, -0.15) is 5.26 Å². The van der Waals surface area contributed by atoms with Gasteiger partial charge in [0.25, 0.3) is 0 Å². The Hall–Kier alpha value is -2.93. The molecule has 2 aromatic carbocycles. The van der Waals surface area contributed by atoms with Gasteiger partial charge in [0, 0.05) is 23.8 Å². The summed E-state index contributed by atoms with van der Waals surface area (Å²) in [6.45, 7) is 0.583. The van der Waals surface area contributed by atoms with E-state index in [4.69, 9.17) is 5.26 Å². The van der Waals surface area contributed by atoms with Gasteiger partial charge in [0.05, 0.1) is 11.1 Å². The zero-order valence-electron chi connectivity index (χ0n) is 11.2. The van der Waals surface area contributed by atoms with Crippen LogP contribution in [0.3, 0.4) is 0 Å². The molecule has 4 heteroatoms. The second kappa shape index (κ2) is 5.59. The number of hydrogen-bond acceptors (Lipinski definition) is 3. The number of halogens is 1. The van der Waals surface area contributed by atoms with Gasteiger partial charge in [0.2, 0.25) is 0 Å². The van der Waals surface area contributed by atoms with Gasteiger partial charge in [-0.3, -0.25) is 4.98 Å². The maximum absolute atomic E-state index is 13.3. The molecule has 3 aromatic rings. The molecule has 0 spiro atoms. The molecule has 3 nitrogen and oxygen atoms in total. The molecule has 102 valence electrons. The maximum atomic E-state index is 13.3. The highest BCUT2D eigenvalue weighted by molar-refractivity contribution is 5.82. The number of para-hydroxylation sites is 1. The second-order valence-corrected chi connectivity index (χ2v) is 4.65. The summed E-state index contributed by atoms with van der Waals surface area (Å²) >= 11 is 0. The molecule has 3 rings (SSSR count). The molecule has 1 aromatic heterocycles. The van der Waals surface area contributed by atoms with Crippen LogP contribution in [0.15, 0.2) is 54.7 Å². The lowest BCUT2D eigenvalue weighted by Crippen LogP contribution is -2.01. The molecule has 0 saturated heterocycles. The van der Waals surface area contributed by atoms with Crippen LogP contribution in [0.4, 0.5) is 10.1 Å². The summed E-state index contributed by atoms with van der Waals surface area (Å²) in [5.74, 6) is -0.502. The number of fused-ring (bicyclic) bond motifs is 1. The Morgan fingerprint density at radius 1 is 1.14 bits per heavy atom. The molecule has 0 fully saturated rings. The highest BCUT2D eigenvalue weighted by atomic mass is 19.1. The molecular formula is C17H12FN3. The Balaban J connectivity index is 1.86. The van der Waals surface area contributed by atoms with E-state index < -0.39 is 5.82 Å². The van der Waals surface area contributed by atoms with Crippen molar-refractivity contribution in [2.24, 2.45) is 0 Å². The summed E-state index contributed by atoms with van der Waals surface area (Å²) < 4.78 is 13.3. The van der Waals surface area contributed by atoms with Crippen molar-refractivity contribution in [1.82, 2.24) is 4.98 Å².